The van der Waals surface area contributed by atoms with Crippen molar-refractivity contribution < 1.29 is 0 Å². The average molecular weight is 184 g/mol. The van der Waals surface area contributed by atoms with E-state index in [-0.39, 0.29) is 0 Å². The Labute approximate surface area is 80.0 Å². The molecule has 0 aliphatic heterocycles. The van der Waals surface area contributed by atoms with Gasteiger partial charge in [-0.3, -0.25) is 9.71 Å². The number of nitrogens with one attached hydrogen (secondary N) is 1. The van der Waals surface area contributed by atoms with Crippen LogP contribution in [0.15, 0.2) is 24.4 Å². The van der Waals surface area contributed by atoms with Gasteiger partial charge in [0, 0.05) is 11.9 Å². The van der Waals surface area contributed by atoms with Gasteiger partial charge < -0.3 is 0 Å². The van der Waals surface area contributed by atoms with E-state index in [1.807, 2.05) is 18.3 Å². The lowest BCUT2D eigenvalue weighted by Gasteiger charge is -1.92. The van der Waals surface area contributed by atoms with E-state index in [1.165, 1.54) is 12.1 Å². The third kappa shape index (κ3) is 6.19. The highest BCUT2D eigenvalue weighted by atomic mass is 32.1. The number of thiol groups is 1. The van der Waals surface area contributed by atoms with Gasteiger partial charge in [-0.05, 0) is 25.6 Å². The maximum atomic E-state index is 4.17. The molecule has 0 saturated heterocycles. The first-order chi connectivity index (χ1) is 5.85. The SMILES string of the molecule is CCCc1ccccn1.CNS. The predicted molar refractivity (Wildman–Crippen MR) is 56.3 cm³/mol. The lowest BCUT2D eigenvalue weighted by molar-refractivity contribution is 0.883. The number of aryl methyl sites for hydroxylation is 1. The normalized spacial score (nSPS) is 8.58. The smallest absolute Gasteiger partial charge is 0.0403 e. The third-order valence-electron chi connectivity index (χ3n) is 1.23. The van der Waals surface area contributed by atoms with Crippen LogP contribution in [0.1, 0.15) is 19.0 Å². The molecule has 0 aromatic carbocycles. The summed E-state index contributed by atoms with van der Waals surface area (Å²) in [6.45, 7) is 2.16. The molecule has 0 fully saturated rings. The fourth-order valence-corrected chi connectivity index (χ4v) is 0.802. The van der Waals surface area contributed by atoms with Gasteiger partial charge in [0.1, 0.15) is 0 Å². The van der Waals surface area contributed by atoms with Crippen LogP contribution in [-0.4, -0.2) is 12.0 Å². The van der Waals surface area contributed by atoms with Gasteiger partial charge in [0.25, 0.3) is 0 Å². The van der Waals surface area contributed by atoms with Gasteiger partial charge in [-0.2, -0.15) is 0 Å². The van der Waals surface area contributed by atoms with Crippen LogP contribution in [-0.2, 0) is 6.42 Å². The minimum atomic E-state index is 1.10. The summed E-state index contributed by atoms with van der Waals surface area (Å²) in [5.74, 6) is 0. The second kappa shape index (κ2) is 8.56. The highest BCUT2D eigenvalue weighted by Gasteiger charge is 1.86. The molecule has 0 atom stereocenters. The molecular formula is C9H16N2S. The Morgan fingerprint density at radius 1 is 1.50 bits per heavy atom. The van der Waals surface area contributed by atoms with E-state index in [4.69, 9.17) is 0 Å². The first kappa shape index (κ1) is 11.5. The van der Waals surface area contributed by atoms with E-state index >= 15 is 0 Å². The van der Waals surface area contributed by atoms with E-state index < -0.39 is 0 Å². The summed E-state index contributed by atoms with van der Waals surface area (Å²) in [5, 5.41) is 0. The molecule has 1 heterocycles. The fourth-order valence-electron chi connectivity index (χ4n) is 0.802. The summed E-state index contributed by atoms with van der Waals surface area (Å²) in [4.78, 5) is 4.17. The largest absolute Gasteiger partial charge is 0.270 e. The van der Waals surface area contributed by atoms with E-state index in [0.29, 0.717) is 0 Å². The van der Waals surface area contributed by atoms with Crippen molar-refractivity contribution in [1.82, 2.24) is 9.71 Å². The van der Waals surface area contributed by atoms with E-state index in [9.17, 15) is 0 Å². The molecular weight excluding hydrogens is 168 g/mol. The quantitative estimate of drug-likeness (QED) is 0.688. The lowest BCUT2D eigenvalue weighted by atomic mass is 10.2. The Morgan fingerprint density at radius 2 is 2.17 bits per heavy atom. The van der Waals surface area contributed by atoms with Gasteiger partial charge in [-0.15, -0.1) is 0 Å². The summed E-state index contributed by atoms with van der Waals surface area (Å²) >= 11 is 3.54. The van der Waals surface area contributed by atoms with Crippen LogP contribution in [0.3, 0.4) is 0 Å². The standard InChI is InChI=1S/C8H11N.CH5NS/c1-2-5-8-6-3-4-7-9-8;1-2-3/h3-4,6-7H,2,5H2,1H3;2-3H,1H3. The van der Waals surface area contributed by atoms with Crippen LogP contribution in [0.5, 0.6) is 0 Å². The Balaban J connectivity index is 0.000000354. The summed E-state index contributed by atoms with van der Waals surface area (Å²) in [7, 11) is 1.74. The first-order valence-electron chi connectivity index (χ1n) is 4.05. The molecule has 1 rings (SSSR count). The summed E-state index contributed by atoms with van der Waals surface area (Å²) in [6.07, 6.45) is 4.11. The molecule has 1 aromatic heterocycles. The molecule has 68 valence electrons. The van der Waals surface area contributed by atoms with Crippen LogP contribution in [0.25, 0.3) is 0 Å². The number of hydrogen-bond acceptors (Lipinski definition) is 3. The number of pyridine rings is 1. The van der Waals surface area contributed by atoms with Gasteiger partial charge in [-0.1, -0.05) is 32.2 Å². The molecule has 1 aromatic rings. The van der Waals surface area contributed by atoms with Crippen molar-refractivity contribution in [3.8, 4) is 0 Å². The minimum absolute atomic E-state index is 1.10. The van der Waals surface area contributed by atoms with Crippen LogP contribution in [0.2, 0.25) is 0 Å². The zero-order valence-corrected chi connectivity index (χ0v) is 8.51. The lowest BCUT2D eigenvalue weighted by Crippen LogP contribution is -1.84. The zero-order chi connectivity index (χ0) is 9.23. The van der Waals surface area contributed by atoms with Crippen LogP contribution in [0, 0.1) is 0 Å². The van der Waals surface area contributed by atoms with Crippen molar-refractivity contribution >= 4 is 12.8 Å². The molecule has 3 heteroatoms. The summed E-state index contributed by atoms with van der Waals surface area (Å²) in [5.41, 5.74) is 1.19. The van der Waals surface area contributed by atoms with Gasteiger partial charge in [-0.25, -0.2) is 0 Å². The Morgan fingerprint density at radius 3 is 2.58 bits per heavy atom. The molecule has 0 radical (unpaired) electrons. The van der Waals surface area contributed by atoms with E-state index in [1.54, 1.807) is 7.05 Å². The van der Waals surface area contributed by atoms with Crippen LogP contribution in [0.4, 0.5) is 0 Å². The molecule has 2 nitrogen and oxygen atoms in total. The minimum Gasteiger partial charge on any atom is -0.270 e. The molecule has 0 aliphatic carbocycles. The van der Waals surface area contributed by atoms with Crippen LogP contribution < -0.4 is 4.72 Å². The van der Waals surface area contributed by atoms with Crippen molar-refractivity contribution in [2.45, 2.75) is 19.8 Å². The Kier molecular flexibility index (Phi) is 8.17. The maximum absolute atomic E-state index is 4.17. The molecule has 0 aliphatic rings. The summed E-state index contributed by atoms with van der Waals surface area (Å²) < 4.78 is 2.44. The zero-order valence-electron chi connectivity index (χ0n) is 7.62. The summed E-state index contributed by atoms with van der Waals surface area (Å²) in [6, 6.07) is 6.03. The van der Waals surface area contributed by atoms with E-state index in [2.05, 4.69) is 35.5 Å². The average Bonchev–Trinajstić information content (AvgIpc) is 2.08. The number of hydrogen-bond donors (Lipinski definition) is 2. The molecule has 0 unspecified atom stereocenters. The number of nitrogens with zero attached hydrogens (tertiary/aromatic N) is 1. The topological polar surface area (TPSA) is 24.9 Å². The van der Waals surface area contributed by atoms with Crippen molar-refractivity contribution in [3.05, 3.63) is 30.1 Å². The van der Waals surface area contributed by atoms with Crippen molar-refractivity contribution in [3.63, 3.8) is 0 Å². The highest BCUT2D eigenvalue weighted by Crippen LogP contribution is 1.95. The van der Waals surface area contributed by atoms with Gasteiger partial charge in [0.05, 0.1) is 0 Å². The number of aromatic nitrogens is 1. The molecule has 12 heavy (non-hydrogen) atoms. The Hall–Kier alpha value is -0.540. The second-order valence-corrected chi connectivity index (χ2v) is 2.74. The van der Waals surface area contributed by atoms with Gasteiger partial charge in [0.15, 0.2) is 0 Å². The Bertz CT molecular complexity index is 177. The predicted octanol–water partition coefficient (Wildman–Crippen LogP) is 2.08. The molecule has 0 spiro atoms. The second-order valence-electron chi connectivity index (χ2n) is 2.29. The molecule has 0 bridgehead atoms. The van der Waals surface area contributed by atoms with Crippen molar-refractivity contribution in [1.29, 1.82) is 0 Å². The number of rotatable bonds is 2. The van der Waals surface area contributed by atoms with Gasteiger partial charge in [0.2, 0.25) is 0 Å². The van der Waals surface area contributed by atoms with E-state index in [0.717, 1.165) is 6.42 Å². The van der Waals surface area contributed by atoms with Crippen LogP contribution >= 0.6 is 12.8 Å². The fraction of sp³-hybridized carbons (Fsp3) is 0.444. The molecule has 0 saturated carbocycles. The van der Waals surface area contributed by atoms with Crippen molar-refractivity contribution in [2.75, 3.05) is 7.05 Å². The van der Waals surface area contributed by atoms with Gasteiger partial charge >= 0.3 is 0 Å². The maximum Gasteiger partial charge on any atom is 0.0403 e. The highest BCUT2D eigenvalue weighted by molar-refractivity contribution is 7.78. The third-order valence-corrected chi connectivity index (χ3v) is 1.23. The first-order valence-corrected chi connectivity index (χ1v) is 4.50. The monoisotopic (exact) mass is 184 g/mol. The van der Waals surface area contributed by atoms with Crippen molar-refractivity contribution in [2.24, 2.45) is 0 Å². The molecule has 0 amide bonds. The molecule has 1 N–H and O–H groups in total.